The van der Waals surface area contributed by atoms with Gasteiger partial charge in [0.2, 0.25) is 0 Å². The summed E-state index contributed by atoms with van der Waals surface area (Å²) in [4.78, 5) is 20.9. The molecule has 0 aliphatic heterocycles. The van der Waals surface area contributed by atoms with Crippen LogP contribution < -0.4 is 5.32 Å². The highest BCUT2D eigenvalue weighted by Gasteiger charge is 2.48. The summed E-state index contributed by atoms with van der Waals surface area (Å²) in [5.41, 5.74) is 0. The zero-order valence-corrected chi connectivity index (χ0v) is 8.34. The van der Waals surface area contributed by atoms with Crippen molar-refractivity contribution < 1.29 is 32.3 Å². The second kappa shape index (κ2) is 5.66. The van der Waals surface area contributed by atoms with E-state index in [-0.39, 0.29) is 6.42 Å². The van der Waals surface area contributed by atoms with E-state index < -0.39 is 36.7 Å². The van der Waals surface area contributed by atoms with Crippen LogP contribution in [0.5, 0.6) is 0 Å². The van der Waals surface area contributed by atoms with Gasteiger partial charge in [-0.1, -0.05) is 6.92 Å². The minimum atomic E-state index is -4.74. The van der Waals surface area contributed by atoms with Gasteiger partial charge in [-0.15, -0.1) is 0 Å². The highest BCUT2D eigenvalue weighted by Crippen LogP contribution is 2.22. The van der Waals surface area contributed by atoms with Gasteiger partial charge in [0.05, 0.1) is 5.92 Å². The van der Waals surface area contributed by atoms with Crippen LogP contribution in [0.4, 0.5) is 17.6 Å². The van der Waals surface area contributed by atoms with Crippen molar-refractivity contribution in [2.45, 2.75) is 25.7 Å². The molecule has 0 aromatic heterocycles. The van der Waals surface area contributed by atoms with Gasteiger partial charge in [0.15, 0.2) is 0 Å². The number of carboxylic acids is 1. The molecule has 1 amide bonds. The standard InChI is InChI=1S/C8H11F4NO3/c1-4(5(14)15)2-3-13-7(16)8(11,12)6(9)10/h4,6H,2-3H2,1H3,(H,13,16)(H,14,15). The Morgan fingerprint density at radius 3 is 2.25 bits per heavy atom. The van der Waals surface area contributed by atoms with E-state index in [1.165, 1.54) is 6.92 Å². The van der Waals surface area contributed by atoms with E-state index in [2.05, 4.69) is 0 Å². The molecule has 1 unspecified atom stereocenters. The molecule has 1 atom stereocenters. The Hall–Kier alpha value is -1.34. The van der Waals surface area contributed by atoms with Crippen molar-refractivity contribution in [3.05, 3.63) is 0 Å². The lowest BCUT2D eigenvalue weighted by Crippen LogP contribution is -2.45. The van der Waals surface area contributed by atoms with E-state index >= 15 is 0 Å². The summed E-state index contributed by atoms with van der Waals surface area (Å²) in [7, 11) is 0. The third-order valence-electron chi connectivity index (χ3n) is 1.86. The molecule has 4 nitrogen and oxygen atoms in total. The molecule has 0 radical (unpaired) electrons. The van der Waals surface area contributed by atoms with Crippen LogP contribution >= 0.6 is 0 Å². The molecule has 0 aromatic carbocycles. The van der Waals surface area contributed by atoms with E-state index in [0.717, 1.165) is 0 Å². The lowest BCUT2D eigenvalue weighted by Gasteiger charge is -2.15. The number of rotatable bonds is 6. The highest BCUT2D eigenvalue weighted by molar-refractivity contribution is 5.83. The van der Waals surface area contributed by atoms with Crippen LogP contribution in [0.2, 0.25) is 0 Å². The summed E-state index contributed by atoms with van der Waals surface area (Å²) in [5.74, 6) is -8.85. The SMILES string of the molecule is CC(CCNC(=O)C(F)(F)C(F)F)C(=O)O. The number of amides is 1. The monoisotopic (exact) mass is 245 g/mol. The van der Waals surface area contributed by atoms with Gasteiger partial charge in [-0.25, -0.2) is 8.78 Å². The van der Waals surface area contributed by atoms with Crippen molar-refractivity contribution in [1.82, 2.24) is 5.32 Å². The maximum absolute atomic E-state index is 12.3. The number of alkyl halides is 4. The van der Waals surface area contributed by atoms with Crippen molar-refractivity contribution in [1.29, 1.82) is 0 Å². The van der Waals surface area contributed by atoms with Gasteiger partial charge in [0, 0.05) is 6.54 Å². The molecule has 94 valence electrons. The predicted octanol–water partition coefficient (Wildman–Crippen LogP) is 1.11. The number of aliphatic carboxylic acids is 1. The molecule has 0 aliphatic carbocycles. The first kappa shape index (κ1) is 14.7. The van der Waals surface area contributed by atoms with E-state index in [1.807, 2.05) is 0 Å². The smallest absolute Gasteiger partial charge is 0.383 e. The summed E-state index contributed by atoms with van der Waals surface area (Å²) in [5, 5.41) is 9.97. The molecule has 0 aliphatic rings. The minimum Gasteiger partial charge on any atom is -0.481 e. The Kier molecular flexibility index (Phi) is 5.19. The van der Waals surface area contributed by atoms with Crippen LogP contribution in [0.15, 0.2) is 0 Å². The van der Waals surface area contributed by atoms with Crippen LogP contribution in [0.25, 0.3) is 0 Å². The van der Waals surface area contributed by atoms with Crippen LogP contribution in [-0.2, 0) is 9.59 Å². The fourth-order valence-corrected chi connectivity index (χ4v) is 0.743. The third kappa shape index (κ3) is 4.03. The van der Waals surface area contributed by atoms with Crippen molar-refractivity contribution in [2.75, 3.05) is 6.54 Å². The number of carboxylic acid groups (broad SMARTS) is 1. The number of hydrogen-bond donors (Lipinski definition) is 2. The van der Waals surface area contributed by atoms with Crippen LogP contribution in [0.3, 0.4) is 0 Å². The number of carbonyl (C=O) groups is 2. The average Bonchev–Trinajstić information content (AvgIpc) is 2.16. The van der Waals surface area contributed by atoms with Crippen molar-refractivity contribution in [2.24, 2.45) is 5.92 Å². The lowest BCUT2D eigenvalue weighted by molar-refractivity contribution is -0.169. The fraction of sp³-hybridized carbons (Fsp3) is 0.750. The molecule has 0 bridgehead atoms. The van der Waals surface area contributed by atoms with Gasteiger partial charge >= 0.3 is 18.3 Å². The van der Waals surface area contributed by atoms with Gasteiger partial charge in [-0.3, -0.25) is 9.59 Å². The zero-order chi connectivity index (χ0) is 12.9. The van der Waals surface area contributed by atoms with Gasteiger partial charge in [-0.05, 0) is 6.42 Å². The van der Waals surface area contributed by atoms with E-state index in [1.54, 1.807) is 5.32 Å². The summed E-state index contributed by atoms with van der Waals surface area (Å²) in [6, 6.07) is 0. The largest absolute Gasteiger partial charge is 0.481 e. The summed E-state index contributed by atoms with van der Waals surface area (Å²) < 4.78 is 48.0. The van der Waals surface area contributed by atoms with E-state index in [9.17, 15) is 27.2 Å². The molecule has 0 fully saturated rings. The molecule has 0 aromatic rings. The quantitative estimate of drug-likeness (QED) is 0.689. The van der Waals surface area contributed by atoms with Gasteiger partial charge < -0.3 is 10.4 Å². The Labute approximate surface area is 88.6 Å². The third-order valence-corrected chi connectivity index (χ3v) is 1.86. The first-order chi connectivity index (χ1) is 7.19. The van der Waals surface area contributed by atoms with E-state index in [4.69, 9.17) is 5.11 Å². The molecule has 0 heterocycles. The van der Waals surface area contributed by atoms with Gasteiger partial charge in [0.25, 0.3) is 5.91 Å². The summed E-state index contributed by atoms with van der Waals surface area (Å²) in [6.07, 6.45) is -4.19. The summed E-state index contributed by atoms with van der Waals surface area (Å²) >= 11 is 0. The molecule has 0 spiro atoms. The van der Waals surface area contributed by atoms with Gasteiger partial charge in [0.1, 0.15) is 0 Å². The number of nitrogens with one attached hydrogen (secondary N) is 1. The van der Waals surface area contributed by atoms with Crippen molar-refractivity contribution in [3.63, 3.8) is 0 Å². The Balaban J connectivity index is 4.04. The first-order valence-corrected chi connectivity index (χ1v) is 4.36. The number of halogens is 4. The Bertz CT molecular complexity index is 270. The second-order valence-electron chi connectivity index (χ2n) is 3.21. The molecule has 0 saturated heterocycles. The summed E-state index contributed by atoms with van der Waals surface area (Å²) in [6.45, 7) is 0.911. The average molecular weight is 245 g/mol. The molecule has 2 N–H and O–H groups in total. The lowest BCUT2D eigenvalue weighted by atomic mass is 10.1. The normalized spacial score (nSPS) is 13.6. The number of hydrogen-bond acceptors (Lipinski definition) is 2. The van der Waals surface area contributed by atoms with Crippen LogP contribution in [0.1, 0.15) is 13.3 Å². The van der Waals surface area contributed by atoms with Crippen LogP contribution in [-0.4, -0.2) is 35.9 Å². The van der Waals surface area contributed by atoms with Crippen LogP contribution in [0, 0.1) is 5.92 Å². The Morgan fingerprint density at radius 1 is 1.38 bits per heavy atom. The molecule has 16 heavy (non-hydrogen) atoms. The fourth-order valence-electron chi connectivity index (χ4n) is 0.743. The van der Waals surface area contributed by atoms with Crippen molar-refractivity contribution >= 4 is 11.9 Å². The first-order valence-electron chi connectivity index (χ1n) is 4.36. The maximum Gasteiger partial charge on any atom is 0.383 e. The number of carbonyl (C=O) groups excluding carboxylic acids is 1. The molecule has 0 rings (SSSR count). The predicted molar refractivity (Wildman–Crippen MR) is 45.4 cm³/mol. The van der Waals surface area contributed by atoms with Gasteiger partial charge in [-0.2, -0.15) is 8.78 Å². The molecular weight excluding hydrogens is 234 g/mol. The second-order valence-corrected chi connectivity index (χ2v) is 3.21. The zero-order valence-electron chi connectivity index (χ0n) is 8.34. The minimum absolute atomic E-state index is 0.111. The topological polar surface area (TPSA) is 66.4 Å². The molecule has 8 heteroatoms. The van der Waals surface area contributed by atoms with E-state index in [0.29, 0.717) is 0 Å². The Morgan fingerprint density at radius 2 is 1.88 bits per heavy atom. The van der Waals surface area contributed by atoms with Crippen molar-refractivity contribution in [3.8, 4) is 0 Å². The highest BCUT2D eigenvalue weighted by atomic mass is 19.3. The molecule has 0 saturated carbocycles. The maximum atomic E-state index is 12.3. The molecular formula is C8H11F4NO3.